The molecule has 1 aliphatic rings. The molecule has 20 heteroatoms. The maximum absolute atomic E-state index is 13.6. The summed E-state index contributed by atoms with van der Waals surface area (Å²) in [5.41, 5.74) is -0.419. The monoisotopic (exact) mass is 618 g/mol. The summed E-state index contributed by atoms with van der Waals surface area (Å²) in [6.07, 6.45) is -10.5. The van der Waals surface area contributed by atoms with Crippen LogP contribution in [0.4, 0.5) is 58.8 Å². The van der Waals surface area contributed by atoms with E-state index in [1.165, 1.54) is 17.4 Å². The molecule has 1 heterocycles. The molecule has 0 fully saturated rings. The van der Waals surface area contributed by atoms with E-state index in [1.54, 1.807) is 0 Å². The van der Waals surface area contributed by atoms with Crippen LogP contribution in [-0.4, -0.2) is 57.3 Å². The van der Waals surface area contributed by atoms with E-state index in [4.69, 9.17) is 9.47 Å². The highest BCUT2D eigenvalue weighted by Gasteiger charge is 2.75. The zero-order valence-corrected chi connectivity index (χ0v) is 19.7. The predicted molar refractivity (Wildman–Crippen MR) is 109 cm³/mol. The van der Waals surface area contributed by atoms with E-state index in [0.29, 0.717) is 24.3 Å². The lowest BCUT2D eigenvalue weighted by Gasteiger charge is -2.31. The summed E-state index contributed by atoms with van der Waals surface area (Å²) in [6.45, 7) is -2.96. The number of hydrogen-bond acceptors (Lipinski definition) is 6. The summed E-state index contributed by atoms with van der Waals surface area (Å²) in [5, 5.41) is 3.27. The molecule has 0 spiro atoms. The molecule has 8 nitrogen and oxygen atoms in total. The number of urea groups is 1. The summed E-state index contributed by atoms with van der Waals surface area (Å²) in [4.78, 5) is 11.1. The minimum Gasteiger partial charge on any atom is -0.424 e. The second kappa shape index (κ2) is 10.1. The van der Waals surface area contributed by atoms with Crippen molar-refractivity contribution in [1.82, 2.24) is 5.32 Å². The SMILES string of the molecule is O=C(Nc1ccc(S(=O)(=O)OCC(F)(F)C(F)(F)C(F)(F)C(F)F)cc1)NC1(C(F)(F)F)Oc2ccccc2O1. The van der Waals surface area contributed by atoms with Crippen molar-refractivity contribution >= 4 is 21.8 Å². The molecule has 0 saturated heterocycles. The van der Waals surface area contributed by atoms with Crippen LogP contribution in [0, 0.1) is 0 Å². The fraction of sp³-hybridized carbons (Fsp3) is 0.350. The van der Waals surface area contributed by atoms with Crippen LogP contribution in [0.25, 0.3) is 0 Å². The minimum atomic E-state index is -6.72. The number of hydrogen-bond donors (Lipinski definition) is 2. The van der Waals surface area contributed by atoms with Crippen molar-refractivity contribution in [1.29, 1.82) is 0 Å². The molecule has 0 aliphatic carbocycles. The number of alkyl halides is 11. The third-order valence-corrected chi connectivity index (χ3v) is 6.23. The zero-order chi connectivity index (χ0) is 30.4. The fourth-order valence-corrected chi connectivity index (χ4v) is 3.80. The van der Waals surface area contributed by atoms with Gasteiger partial charge in [0.1, 0.15) is 6.61 Å². The molecule has 2 N–H and O–H groups in total. The van der Waals surface area contributed by atoms with Crippen LogP contribution in [0.1, 0.15) is 0 Å². The number of para-hydroxylation sites is 2. The zero-order valence-electron chi connectivity index (χ0n) is 18.9. The molecule has 2 aromatic rings. The van der Waals surface area contributed by atoms with Crippen LogP contribution in [0.5, 0.6) is 11.5 Å². The number of anilines is 1. The molecule has 0 saturated carbocycles. The van der Waals surface area contributed by atoms with Gasteiger partial charge in [-0.05, 0) is 36.4 Å². The van der Waals surface area contributed by atoms with E-state index < -0.39 is 69.6 Å². The Hall–Kier alpha value is -3.55. The van der Waals surface area contributed by atoms with Gasteiger partial charge >= 0.3 is 42.3 Å². The first-order valence-corrected chi connectivity index (χ1v) is 11.6. The summed E-state index contributed by atoms with van der Waals surface area (Å²) in [7, 11) is -5.41. The van der Waals surface area contributed by atoms with Gasteiger partial charge < -0.3 is 14.8 Å². The van der Waals surface area contributed by atoms with Crippen LogP contribution >= 0.6 is 0 Å². The molecule has 1 aliphatic heterocycles. The van der Waals surface area contributed by atoms with Gasteiger partial charge in [-0.3, -0.25) is 9.50 Å². The Balaban J connectivity index is 1.68. The smallest absolute Gasteiger partial charge is 0.424 e. The highest BCUT2D eigenvalue weighted by Crippen LogP contribution is 2.49. The summed E-state index contributed by atoms with van der Waals surface area (Å²) in [6, 6.07) is 5.62. The molecule has 0 atom stereocenters. The largest absolute Gasteiger partial charge is 0.492 e. The first kappa shape index (κ1) is 31.0. The van der Waals surface area contributed by atoms with Crippen molar-refractivity contribution in [3.63, 3.8) is 0 Å². The van der Waals surface area contributed by atoms with Gasteiger partial charge in [-0.25, -0.2) is 13.6 Å². The molecular formula is C20H13F11N2O6S. The average Bonchev–Trinajstić information content (AvgIpc) is 3.22. The average molecular weight is 618 g/mol. The Morgan fingerprint density at radius 1 is 0.875 bits per heavy atom. The first-order chi connectivity index (χ1) is 18.2. The second-order valence-electron chi connectivity index (χ2n) is 7.79. The summed E-state index contributed by atoms with van der Waals surface area (Å²) in [5.74, 6) is -23.7. The number of ether oxygens (including phenoxy) is 2. The van der Waals surface area contributed by atoms with E-state index in [2.05, 4.69) is 4.18 Å². The highest BCUT2D eigenvalue weighted by atomic mass is 32.2. The van der Waals surface area contributed by atoms with E-state index in [9.17, 15) is 61.5 Å². The van der Waals surface area contributed by atoms with Gasteiger partial charge in [-0.1, -0.05) is 12.1 Å². The van der Waals surface area contributed by atoms with Gasteiger partial charge in [0.25, 0.3) is 10.1 Å². The van der Waals surface area contributed by atoms with Crippen LogP contribution in [0.15, 0.2) is 53.4 Å². The normalized spacial score (nSPS) is 15.7. The third-order valence-electron chi connectivity index (χ3n) is 4.96. The fourth-order valence-electron chi connectivity index (χ4n) is 2.89. The molecule has 3 rings (SSSR count). The van der Waals surface area contributed by atoms with Crippen LogP contribution in [0.2, 0.25) is 0 Å². The van der Waals surface area contributed by atoms with E-state index in [0.717, 1.165) is 12.1 Å². The number of nitrogens with one attached hydrogen (secondary N) is 2. The lowest BCUT2D eigenvalue weighted by Crippen LogP contribution is -2.65. The van der Waals surface area contributed by atoms with Gasteiger partial charge in [0.05, 0.1) is 4.90 Å². The van der Waals surface area contributed by atoms with Crippen LogP contribution in [-0.2, 0) is 14.3 Å². The number of benzene rings is 2. The second-order valence-corrected chi connectivity index (χ2v) is 9.40. The van der Waals surface area contributed by atoms with E-state index in [-0.39, 0.29) is 11.5 Å². The molecule has 2 aromatic carbocycles. The van der Waals surface area contributed by atoms with Crippen molar-refractivity contribution in [2.45, 2.75) is 41.2 Å². The number of amides is 2. The lowest BCUT2D eigenvalue weighted by atomic mass is 10.1. The maximum Gasteiger partial charge on any atom is 0.492 e. The molecule has 222 valence electrons. The van der Waals surface area contributed by atoms with Crippen molar-refractivity contribution in [3.05, 3.63) is 48.5 Å². The molecule has 40 heavy (non-hydrogen) atoms. The van der Waals surface area contributed by atoms with Crippen molar-refractivity contribution in [2.24, 2.45) is 0 Å². The standard InChI is InChI=1S/C20H13F11N2O6S/c21-14(22)17(25,26)18(27,28)16(23,24)9-37-40(35,36)11-7-5-10(6-8-11)32-15(34)33-20(19(29,30)31)38-12-3-1-2-4-13(12)39-20/h1-8,14H,9H2,(H2,32,33,34). The number of halogens is 11. The molecule has 0 bridgehead atoms. The van der Waals surface area contributed by atoms with Crippen molar-refractivity contribution in [3.8, 4) is 11.5 Å². The van der Waals surface area contributed by atoms with Gasteiger partial charge in [0, 0.05) is 5.69 Å². The third kappa shape index (κ3) is 5.67. The Bertz CT molecular complexity index is 1330. The molecular weight excluding hydrogens is 605 g/mol. The molecule has 2 amide bonds. The lowest BCUT2D eigenvalue weighted by molar-refractivity contribution is -0.342. The number of rotatable bonds is 9. The number of carbonyl (C=O) groups is 1. The van der Waals surface area contributed by atoms with Crippen LogP contribution < -0.4 is 20.1 Å². The highest BCUT2D eigenvalue weighted by molar-refractivity contribution is 7.86. The van der Waals surface area contributed by atoms with E-state index >= 15 is 0 Å². The topological polar surface area (TPSA) is 103 Å². The summed E-state index contributed by atoms with van der Waals surface area (Å²) < 4.78 is 182. The van der Waals surface area contributed by atoms with E-state index in [1.807, 2.05) is 5.32 Å². The summed E-state index contributed by atoms with van der Waals surface area (Å²) >= 11 is 0. The Labute approximate surface area is 216 Å². The molecule has 0 unspecified atom stereocenters. The predicted octanol–water partition coefficient (Wildman–Crippen LogP) is 5.37. The first-order valence-electron chi connectivity index (χ1n) is 10.2. The number of carbonyl (C=O) groups excluding carboxylic acids is 1. The molecule has 0 aromatic heterocycles. The Morgan fingerprint density at radius 2 is 1.38 bits per heavy atom. The van der Waals surface area contributed by atoms with Crippen molar-refractivity contribution < 1.29 is 75.2 Å². The van der Waals surface area contributed by atoms with Gasteiger partial charge in [0.15, 0.2) is 11.5 Å². The van der Waals surface area contributed by atoms with Gasteiger partial charge in [-0.15, -0.1) is 0 Å². The number of fused-ring (bicyclic) bond motifs is 1. The minimum absolute atomic E-state index is 0.365. The van der Waals surface area contributed by atoms with Crippen LogP contribution in [0.3, 0.4) is 0 Å². The van der Waals surface area contributed by atoms with Gasteiger partial charge in [0.2, 0.25) is 0 Å². The van der Waals surface area contributed by atoms with Gasteiger partial charge in [-0.2, -0.15) is 47.9 Å². The maximum atomic E-state index is 13.6. The molecule has 0 radical (unpaired) electrons. The quantitative estimate of drug-likeness (QED) is 0.290. The van der Waals surface area contributed by atoms with Crippen molar-refractivity contribution in [2.75, 3.05) is 11.9 Å². The Kier molecular flexibility index (Phi) is 7.85. The Morgan fingerprint density at radius 3 is 1.82 bits per heavy atom.